The van der Waals surface area contributed by atoms with Gasteiger partial charge in [-0.1, -0.05) is 98.8 Å². The molecule has 3 saturated carbocycles. The fourth-order valence-corrected chi connectivity index (χ4v) is 13.9. The van der Waals surface area contributed by atoms with Gasteiger partial charge in [0.1, 0.15) is 0 Å². The summed E-state index contributed by atoms with van der Waals surface area (Å²) in [6.45, 7) is 32.7. The quantitative estimate of drug-likeness (QED) is 0.253. The van der Waals surface area contributed by atoms with E-state index < -0.39 is 17.4 Å². The van der Waals surface area contributed by atoms with Gasteiger partial charge in [-0.2, -0.15) is 0 Å². The van der Waals surface area contributed by atoms with Crippen molar-refractivity contribution in [3.63, 3.8) is 0 Å². The molecule has 9 aliphatic rings. The normalized spacial score (nSPS) is 53.2. The van der Waals surface area contributed by atoms with E-state index in [1.807, 2.05) is 0 Å². The van der Waals surface area contributed by atoms with Gasteiger partial charge in [0, 0.05) is 54.8 Å². The highest BCUT2D eigenvalue weighted by Crippen LogP contribution is 2.66. The number of hydrogen-bond acceptors (Lipinski definition) is 6. The zero-order valence-electron chi connectivity index (χ0n) is 33.6. The van der Waals surface area contributed by atoms with E-state index in [-0.39, 0.29) is 34.6 Å². The van der Waals surface area contributed by atoms with E-state index in [2.05, 4.69) is 82.1 Å². The van der Waals surface area contributed by atoms with E-state index in [0.29, 0.717) is 72.5 Å². The third-order valence-electron chi connectivity index (χ3n) is 16.7. The molecular weight excluding hydrogens is 636 g/mol. The van der Waals surface area contributed by atoms with Gasteiger partial charge in [0.15, 0.2) is 17.4 Å². The molecule has 6 aliphatic heterocycles. The van der Waals surface area contributed by atoms with E-state index in [1.165, 1.54) is 55.2 Å². The average molecular weight is 709 g/mol. The van der Waals surface area contributed by atoms with Crippen LogP contribution in [0.3, 0.4) is 0 Å². The fraction of sp³-hybridized carbons (Fsp3) is 0.867. The van der Waals surface area contributed by atoms with E-state index in [0.717, 1.165) is 19.3 Å². The van der Waals surface area contributed by atoms with Crippen LogP contribution in [0.5, 0.6) is 0 Å². The Labute approximate surface area is 309 Å². The van der Waals surface area contributed by atoms with Crippen molar-refractivity contribution in [1.82, 2.24) is 0 Å². The molecule has 0 unspecified atom stereocenters. The van der Waals surface area contributed by atoms with E-state index in [1.54, 1.807) is 0 Å². The number of fused-ring (bicyclic) bond motifs is 3. The van der Waals surface area contributed by atoms with Gasteiger partial charge >= 0.3 is 0 Å². The molecule has 9 rings (SSSR count). The molecule has 9 fully saturated rings. The molecule has 15 atom stereocenters. The molecule has 3 spiro atoms. The van der Waals surface area contributed by atoms with Gasteiger partial charge in [0.05, 0.1) is 16.8 Å². The van der Waals surface area contributed by atoms with Gasteiger partial charge in [-0.05, 0) is 93.3 Å². The molecule has 0 aromatic carbocycles. The Morgan fingerprint density at radius 3 is 0.922 bits per heavy atom. The second-order valence-electron chi connectivity index (χ2n) is 20.5. The first-order chi connectivity index (χ1) is 23.7. The molecule has 6 bridgehead atoms. The summed E-state index contributed by atoms with van der Waals surface area (Å²) in [4.78, 5) is 0. The minimum absolute atomic E-state index is 0.0982. The Bertz CT molecular complexity index is 1250. The number of hydrogen-bond donors (Lipinski definition) is 3. The zero-order chi connectivity index (χ0) is 37.3. The minimum Gasteiger partial charge on any atom is -0.365 e. The van der Waals surface area contributed by atoms with Crippen LogP contribution < -0.4 is 0 Å². The largest absolute Gasteiger partial charge is 0.365 e. The summed E-state index contributed by atoms with van der Waals surface area (Å²) in [7, 11) is 0. The molecular formula is C45H72O6. The van der Waals surface area contributed by atoms with E-state index in [9.17, 15) is 15.3 Å². The maximum atomic E-state index is 10.8. The molecule has 0 amide bonds. The topological polar surface area (TPSA) is 88.4 Å². The Morgan fingerprint density at radius 1 is 0.471 bits per heavy atom. The fourth-order valence-electron chi connectivity index (χ4n) is 13.9. The lowest BCUT2D eigenvalue weighted by Gasteiger charge is -2.43. The third-order valence-corrected chi connectivity index (χ3v) is 16.7. The van der Waals surface area contributed by atoms with E-state index >= 15 is 0 Å². The molecule has 3 N–H and O–H groups in total. The lowest BCUT2D eigenvalue weighted by molar-refractivity contribution is -0.269. The highest BCUT2D eigenvalue weighted by atomic mass is 16.7. The van der Waals surface area contributed by atoms with Crippen molar-refractivity contribution in [2.75, 3.05) is 0 Å². The van der Waals surface area contributed by atoms with E-state index in [4.69, 9.17) is 14.2 Å². The van der Waals surface area contributed by atoms with Crippen LogP contribution in [0, 0.1) is 71.0 Å². The first-order valence-corrected chi connectivity index (χ1v) is 21.0. The summed E-state index contributed by atoms with van der Waals surface area (Å²) in [5.74, 6) is 2.56. The van der Waals surface area contributed by atoms with Crippen LogP contribution in [0.15, 0.2) is 36.5 Å². The van der Waals surface area contributed by atoms with Crippen molar-refractivity contribution in [2.24, 2.45) is 71.0 Å². The van der Waals surface area contributed by atoms with Gasteiger partial charge < -0.3 is 29.5 Å². The van der Waals surface area contributed by atoms with Crippen molar-refractivity contribution in [1.29, 1.82) is 0 Å². The Balaban J connectivity index is 0.000000119. The van der Waals surface area contributed by atoms with Crippen LogP contribution in [0.2, 0.25) is 0 Å². The van der Waals surface area contributed by atoms with Crippen LogP contribution in [-0.4, -0.2) is 49.5 Å². The monoisotopic (exact) mass is 709 g/mol. The summed E-state index contributed by atoms with van der Waals surface area (Å²) >= 11 is 0. The van der Waals surface area contributed by atoms with Gasteiger partial charge in [0.25, 0.3) is 0 Å². The molecule has 6 saturated heterocycles. The predicted octanol–water partition coefficient (Wildman–Crippen LogP) is 9.34. The third kappa shape index (κ3) is 5.52. The highest BCUT2D eigenvalue weighted by molar-refractivity contribution is 5.27. The number of ether oxygens (including phenoxy) is 3. The van der Waals surface area contributed by atoms with Crippen molar-refractivity contribution in [2.45, 2.75) is 174 Å². The molecule has 0 aromatic heterocycles. The first kappa shape index (κ1) is 38.3. The van der Waals surface area contributed by atoms with Crippen LogP contribution >= 0.6 is 0 Å². The standard InChI is InChI=1S/3C15H24O2/c3*1-9(2)13-8-14-11(4)5-6-12(14)10(3)7-15(13,16)17-14/h3*9,11-13,16H,3,5-8H2,1-2,4H3/t3*11-,12-,13-,14-,15+/m000/s1. The first-order valence-electron chi connectivity index (χ1n) is 21.0. The summed E-state index contributed by atoms with van der Waals surface area (Å²) in [6, 6.07) is 0. The molecule has 3 aliphatic carbocycles. The SMILES string of the molecule is C=C1C[C@@]2(O)O[C@@]3(C[C@H]2C(C)C)[C@@H](C)CC[C@@H]13.C=C1C[C@@]2(O)O[C@@]3(C[C@H]2C(C)C)[C@@H](C)CC[C@@H]13.C=C1C[C@@]2(O)O[C@@]3(C[C@H]2C(C)C)[C@@H](C)CC[C@@H]13. The molecule has 6 nitrogen and oxygen atoms in total. The number of aliphatic hydroxyl groups is 3. The van der Waals surface area contributed by atoms with Gasteiger partial charge in [-0.15, -0.1) is 0 Å². The second-order valence-corrected chi connectivity index (χ2v) is 20.5. The molecule has 51 heavy (non-hydrogen) atoms. The molecule has 0 aromatic rings. The maximum Gasteiger partial charge on any atom is 0.173 e. The van der Waals surface area contributed by atoms with Gasteiger partial charge in [0.2, 0.25) is 0 Å². The zero-order valence-corrected chi connectivity index (χ0v) is 33.6. The second kappa shape index (κ2) is 12.5. The molecule has 0 radical (unpaired) electrons. The summed E-state index contributed by atoms with van der Waals surface area (Å²) in [5.41, 5.74) is 3.39. The minimum atomic E-state index is -0.930. The Morgan fingerprint density at radius 2 is 0.706 bits per heavy atom. The van der Waals surface area contributed by atoms with Crippen LogP contribution in [0.25, 0.3) is 0 Å². The smallest absolute Gasteiger partial charge is 0.173 e. The average Bonchev–Trinajstić information content (AvgIpc) is 3.81. The van der Waals surface area contributed by atoms with Crippen molar-refractivity contribution < 1.29 is 29.5 Å². The van der Waals surface area contributed by atoms with Gasteiger partial charge in [-0.25, -0.2) is 0 Å². The Kier molecular flexibility index (Phi) is 9.38. The summed E-state index contributed by atoms with van der Waals surface area (Å²) in [5, 5.41) is 32.4. The highest BCUT2D eigenvalue weighted by Gasteiger charge is 2.69. The summed E-state index contributed by atoms with van der Waals surface area (Å²) < 4.78 is 18.7. The summed E-state index contributed by atoms with van der Waals surface area (Å²) in [6.07, 6.45) is 12.2. The van der Waals surface area contributed by atoms with Crippen molar-refractivity contribution in [3.8, 4) is 0 Å². The number of rotatable bonds is 3. The maximum absolute atomic E-state index is 10.8. The predicted molar refractivity (Wildman–Crippen MR) is 202 cm³/mol. The molecule has 6 heteroatoms. The van der Waals surface area contributed by atoms with Crippen LogP contribution in [0.4, 0.5) is 0 Å². The van der Waals surface area contributed by atoms with Crippen molar-refractivity contribution in [3.05, 3.63) is 36.5 Å². The Hall–Kier alpha value is -1.02. The van der Waals surface area contributed by atoms with Crippen LogP contribution in [-0.2, 0) is 14.2 Å². The van der Waals surface area contributed by atoms with Crippen molar-refractivity contribution >= 4 is 0 Å². The van der Waals surface area contributed by atoms with Crippen LogP contribution in [0.1, 0.15) is 139 Å². The molecule has 6 heterocycles. The lowest BCUT2D eigenvalue weighted by atomic mass is 9.77. The molecule has 288 valence electrons. The van der Waals surface area contributed by atoms with Gasteiger partial charge in [-0.3, -0.25) is 0 Å². The lowest BCUT2D eigenvalue weighted by Crippen LogP contribution is -2.48.